The summed E-state index contributed by atoms with van der Waals surface area (Å²) in [5.41, 5.74) is 0.536. The van der Waals surface area contributed by atoms with E-state index in [1.54, 1.807) is 22.3 Å². The van der Waals surface area contributed by atoms with E-state index in [1.807, 2.05) is 12.3 Å². The maximum Gasteiger partial charge on any atom is 0.522 e. The van der Waals surface area contributed by atoms with Gasteiger partial charge in [0.1, 0.15) is 25.1 Å². The standard InChI is InChI=1S/C21H23F3N2O6S/c1-13-25-17(11-33-13)20-5-6-26(10-18(20)30-12-32-20)19(27)14-3-4-15(16(9-14)28-2)29-7-8-31-21(22,23)24/h3-4,9,11,18H,5-8,10,12H2,1-2H3/t18?,20-/m0/s1. The number of carbonyl (C=O) groups is 1. The van der Waals surface area contributed by atoms with Crippen molar-refractivity contribution in [3.05, 3.63) is 39.8 Å². The first-order valence-corrected chi connectivity index (χ1v) is 11.1. The summed E-state index contributed by atoms with van der Waals surface area (Å²) in [6, 6.07) is 4.53. The lowest BCUT2D eigenvalue weighted by Crippen LogP contribution is -2.53. The van der Waals surface area contributed by atoms with Crippen LogP contribution in [0.2, 0.25) is 0 Å². The van der Waals surface area contributed by atoms with Crippen LogP contribution in [0.25, 0.3) is 0 Å². The zero-order valence-electron chi connectivity index (χ0n) is 18.0. The second kappa shape index (κ2) is 9.45. The minimum atomic E-state index is -4.72. The molecule has 0 radical (unpaired) electrons. The number of amides is 1. The molecule has 0 bridgehead atoms. The van der Waals surface area contributed by atoms with E-state index >= 15 is 0 Å². The Morgan fingerprint density at radius 1 is 1.33 bits per heavy atom. The third-order valence-electron chi connectivity index (χ3n) is 5.60. The molecule has 1 aromatic heterocycles. The van der Waals surface area contributed by atoms with E-state index in [-0.39, 0.29) is 36.9 Å². The molecule has 1 aromatic carbocycles. The van der Waals surface area contributed by atoms with Gasteiger partial charge in [-0.2, -0.15) is 0 Å². The van der Waals surface area contributed by atoms with Crippen LogP contribution in [0.3, 0.4) is 0 Å². The average Bonchev–Trinajstić information content (AvgIpc) is 3.42. The average molecular weight is 488 g/mol. The quantitative estimate of drug-likeness (QED) is 0.552. The summed E-state index contributed by atoms with van der Waals surface area (Å²) in [4.78, 5) is 19.4. The van der Waals surface area contributed by atoms with Crippen molar-refractivity contribution < 1.29 is 41.7 Å². The predicted molar refractivity (Wildman–Crippen MR) is 110 cm³/mol. The highest BCUT2D eigenvalue weighted by Gasteiger charge is 2.52. The van der Waals surface area contributed by atoms with Gasteiger partial charge in [0.05, 0.1) is 31.0 Å². The van der Waals surface area contributed by atoms with E-state index in [0.717, 1.165) is 10.7 Å². The van der Waals surface area contributed by atoms with Gasteiger partial charge in [-0.05, 0) is 25.1 Å². The largest absolute Gasteiger partial charge is 0.522 e. The molecule has 8 nitrogen and oxygen atoms in total. The summed E-state index contributed by atoms with van der Waals surface area (Å²) in [5, 5.41) is 2.91. The first kappa shape index (κ1) is 23.7. The van der Waals surface area contributed by atoms with E-state index in [1.165, 1.54) is 19.2 Å². The number of piperidine rings is 1. The molecule has 2 fully saturated rings. The second-order valence-corrected chi connectivity index (χ2v) is 8.63. The lowest BCUT2D eigenvalue weighted by molar-refractivity contribution is -0.325. The number of hydrogen-bond acceptors (Lipinski definition) is 8. The number of rotatable bonds is 7. The lowest BCUT2D eigenvalue weighted by atomic mass is 9.86. The van der Waals surface area contributed by atoms with Gasteiger partial charge in [-0.25, -0.2) is 4.98 Å². The molecule has 2 atom stereocenters. The fourth-order valence-electron chi connectivity index (χ4n) is 4.00. The van der Waals surface area contributed by atoms with E-state index in [4.69, 9.17) is 18.9 Å². The maximum atomic E-state index is 13.2. The first-order valence-electron chi connectivity index (χ1n) is 10.2. The Morgan fingerprint density at radius 3 is 2.85 bits per heavy atom. The van der Waals surface area contributed by atoms with Crippen molar-refractivity contribution in [2.45, 2.75) is 31.4 Å². The number of nitrogens with zero attached hydrogens (tertiary/aromatic N) is 2. The van der Waals surface area contributed by atoms with Crippen LogP contribution in [0, 0.1) is 6.92 Å². The molecule has 1 amide bonds. The number of ether oxygens (including phenoxy) is 5. The van der Waals surface area contributed by atoms with Crippen LogP contribution in [-0.2, 0) is 19.8 Å². The van der Waals surface area contributed by atoms with Gasteiger partial charge >= 0.3 is 6.36 Å². The number of thiazole rings is 1. The molecule has 12 heteroatoms. The molecule has 2 aliphatic rings. The van der Waals surface area contributed by atoms with Crippen LogP contribution >= 0.6 is 11.3 Å². The first-order chi connectivity index (χ1) is 15.7. The molecule has 2 aromatic rings. The summed E-state index contributed by atoms with van der Waals surface area (Å²) >= 11 is 1.54. The number of benzene rings is 1. The SMILES string of the molecule is COc1cc(C(=O)N2CC[C@@]3(c4csc(C)n4)OCOC3C2)ccc1OCCOC(F)(F)F. The van der Waals surface area contributed by atoms with Crippen molar-refractivity contribution in [3.63, 3.8) is 0 Å². The van der Waals surface area contributed by atoms with E-state index < -0.39 is 18.6 Å². The van der Waals surface area contributed by atoms with Crippen LogP contribution in [0.5, 0.6) is 11.5 Å². The van der Waals surface area contributed by atoms with Gasteiger partial charge in [0.15, 0.2) is 11.5 Å². The monoisotopic (exact) mass is 488 g/mol. The van der Waals surface area contributed by atoms with Crippen molar-refractivity contribution in [1.82, 2.24) is 9.88 Å². The van der Waals surface area contributed by atoms with Gasteiger partial charge in [-0.15, -0.1) is 24.5 Å². The van der Waals surface area contributed by atoms with Crippen LogP contribution in [-0.4, -0.2) is 68.5 Å². The molecule has 2 aliphatic heterocycles. The molecule has 2 saturated heterocycles. The molecule has 4 rings (SSSR count). The third-order valence-corrected chi connectivity index (χ3v) is 6.38. The Hall–Kier alpha value is -2.41. The molecule has 3 heterocycles. The Morgan fingerprint density at radius 2 is 2.15 bits per heavy atom. The van der Waals surface area contributed by atoms with E-state index in [2.05, 4.69) is 9.72 Å². The number of hydrogen-bond donors (Lipinski definition) is 0. The zero-order valence-corrected chi connectivity index (χ0v) is 18.8. The number of aryl methyl sites for hydroxylation is 1. The predicted octanol–water partition coefficient (Wildman–Crippen LogP) is 3.49. The second-order valence-electron chi connectivity index (χ2n) is 7.57. The molecular formula is C21H23F3N2O6S. The molecule has 0 N–H and O–H groups in total. The van der Waals surface area contributed by atoms with Crippen molar-refractivity contribution in [2.24, 2.45) is 0 Å². The lowest BCUT2D eigenvalue weighted by Gasteiger charge is -2.40. The van der Waals surface area contributed by atoms with E-state index in [9.17, 15) is 18.0 Å². The highest BCUT2D eigenvalue weighted by molar-refractivity contribution is 7.09. The molecule has 0 saturated carbocycles. The number of alkyl halides is 3. The molecule has 33 heavy (non-hydrogen) atoms. The Kier molecular flexibility index (Phi) is 6.80. The Labute approximate surface area is 192 Å². The summed E-state index contributed by atoms with van der Waals surface area (Å²) in [7, 11) is 1.39. The van der Waals surface area contributed by atoms with Crippen molar-refractivity contribution in [2.75, 3.05) is 40.2 Å². The highest BCUT2D eigenvalue weighted by Crippen LogP contribution is 2.43. The fourth-order valence-corrected chi connectivity index (χ4v) is 4.68. The molecule has 180 valence electrons. The minimum Gasteiger partial charge on any atom is -0.493 e. The molecule has 0 spiro atoms. The Balaban J connectivity index is 1.42. The topological polar surface area (TPSA) is 79.4 Å². The Bertz CT molecular complexity index is 1000. The summed E-state index contributed by atoms with van der Waals surface area (Å²) < 4.78 is 62.3. The molecular weight excluding hydrogens is 465 g/mol. The number of fused-ring (bicyclic) bond motifs is 1. The van der Waals surface area contributed by atoms with Crippen LogP contribution < -0.4 is 9.47 Å². The number of likely N-dealkylation sites (tertiary alicyclic amines) is 1. The van der Waals surface area contributed by atoms with Crippen LogP contribution in [0.15, 0.2) is 23.6 Å². The number of aromatic nitrogens is 1. The molecule has 1 unspecified atom stereocenters. The van der Waals surface area contributed by atoms with Crippen LogP contribution in [0.4, 0.5) is 13.2 Å². The van der Waals surface area contributed by atoms with Crippen LogP contribution in [0.1, 0.15) is 27.5 Å². The summed E-state index contributed by atoms with van der Waals surface area (Å²) in [5.74, 6) is 0.223. The van der Waals surface area contributed by atoms with Crippen molar-refractivity contribution in [1.29, 1.82) is 0 Å². The normalized spacial score (nSPS) is 22.8. The minimum absolute atomic E-state index is 0.140. The van der Waals surface area contributed by atoms with Crippen molar-refractivity contribution >= 4 is 17.2 Å². The zero-order chi connectivity index (χ0) is 23.6. The number of methoxy groups -OCH3 is 1. The van der Waals surface area contributed by atoms with Crippen molar-refractivity contribution in [3.8, 4) is 11.5 Å². The summed E-state index contributed by atoms with van der Waals surface area (Å²) in [6.45, 7) is 1.87. The van der Waals surface area contributed by atoms with Gasteiger partial charge in [0, 0.05) is 23.9 Å². The molecule has 0 aliphatic carbocycles. The van der Waals surface area contributed by atoms with Gasteiger partial charge in [-0.3, -0.25) is 9.53 Å². The fraction of sp³-hybridized carbons (Fsp3) is 0.524. The number of carbonyl (C=O) groups excluding carboxylic acids is 1. The number of halogens is 3. The smallest absolute Gasteiger partial charge is 0.493 e. The maximum absolute atomic E-state index is 13.2. The highest BCUT2D eigenvalue weighted by atomic mass is 32.1. The van der Waals surface area contributed by atoms with Gasteiger partial charge in [-0.1, -0.05) is 0 Å². The van der Waals surface area contributed by atoms with Gasteiger partial charge < -0.3 is 23.8 Å². The van der Waals surface area contributed by atoms with Gasteiger partial charge in [0.2, 0.25) is 0 Å². The van der Waals surface area contributed by atoms with E-state index in [0.29, 0.717) is 25.1 Å². The van der Waals surface area contributed by atoms with Gasteiger partial charge in [0.25, 0.3) is 5.91 Å². The third kappa shape index (κ3) is 5.08. The summed E-state index contributed by atoms with van der Waals surface area (Å²) in [6.07, 6.45) is -4.51.